The summed E-state index contributed by atoms with van der Waals surface area (Å²) in [6.45, 7) is 5.08. The molecule has 3 unspecified atom stereocenters. The van der Waals surface area contributed by atoms with Gasteiger partial charge < -0.3 is 4.90 Å². The molecule has 0 aromatic carbocycles. The van der Waals surface area contributed by atoms with Gasteiger partial charge in [-0.25, -0.2) is 0 Å². The molecule has 2 fully saturated rings. The normalized spacial score (nSPS) is 21.1. The maximum atomic E-state index is 13.0. The second-order valence-electron chi connectivity index (χ2n) is 9.10. The van der Waals surface area contributed by atoms with E-state index in [-0.39, 0.29) is 28.4 Å². The second-order valence-corrected chi connectivity index (χ2v) is 11.3. The molecule has 12 heteroatoms. The molecule has 4 heterocycles. The third-order valence-corrected chi connectivity index (χ3v) is 8.31. The Labute approximate surface area is 213 Å². The van der Waals surface area contributed by atoms with Crippen LogP contribution in [0.5, 0.6) is 0 Å². The molecular formula is C24H28F3N7OSe. The summed E-state index contributed by atoms with van der Waals surface area (Å²) >= 11 is -1.81. The average Bonchev–Trinajstić information content (AvgIpc) is 3.10. The van der Waals surface area contributed by atoms with Gasteiger partial charge in [0.05, 0.1) is 0 Å². The molecule has 3 N–H and O–H groups in total. The first kappa shape index (κ1) is 26.1. The number of anilines is 1. The number of nitrogens with two attached hydrogens (primary N) is 1. The predicted molar refractivity (Wildman–Crippen MR) is 132 cm³/mol. The quantitative estimate of drug-likeness (QED) is 0.370. The summed E-state index contributed by atoms with van der Waals surface area (Å²) in [7, 11) is 3.92. The van der Waals surface area contributed by atoms with E-state index in [0.29, 0.717) is 11.1 Å². The van der Waals surface area contributed by atoms with Crippen LogP contribution >= 0.6 is 0 Å². The van der Waals surface area contributed by atoms with Crippen molar-refractivity contribution in [2.24, 2.45) is 24.8 Å². The molecule has 1 amide bonds. The van der Waals surface area contributed by atoms with Gasteiger partial charge in [-0.1, -0.05) is 6.92 Å². The molecule has 3 aromatic heterocycles. The molecule has 1 aliphatic carbocycles. The standard InChI is InChI=1S/C16H13F3N6OSe.C8H15N/c1-24-9-11(8-23-24)14(26)22-4-2-3-10-7-12-13(20)21-5-6-25(12)15(10)27-16(17,18)19;1-6-7-3-4-9(2)5-8(6)7/h5-9H,4H2,1H3,(H2,20,21)(H,22,26);6-8H,3-5H2,1-2H3. The number of nitrogens with zero attached hydrogens (tertiary/aromatic N) is 5. The van der Waals surface area contributed by atoms with Gasteiger partial charge in [0.1, 0.15) is 0 Å². The monoisotopic (exact) mass is 567 g/mol. The van der Waals surface area contributed by atoms with E-state index in [2.05, 4.69) is 46.1 Å². The fourth-order valence-electron chi connectivity index (χ4n) is 4.54. The number of piperidine rings is 1. The van der Waals surface area contributed by atoms with Crippen molar-refractivity contribution < 1.29 is 18.0 Å². The zero-order valence-corrected chi connectivity index (χ0v) is 21.9. The van der Waals surface area contributed by atoms with Crippen molar-refractivity contribution in [1.82, 2.24) is 29.4 Å². The van der Waals surface area contributed by atoms with E-state index in [1.54, 1.807) is 13.2 Å². The summed E-state index contributed by atoms with van der Waals surface area (Å²) in [5, 5.41) is 2.11. The number of likely N-dealkylation sites (tertiary alicyclic amines) is 1. The first-order chi connectivity index (χ1) is 17.0. The summed E-state index contributed by atoms with van der Waals surface area (Å²) in [4.78, 5) is 18.2. The number of aromatic nitrogens is 4. The van der Waals surface area contributed by atoms with Crippen molar-refractivity contribution in [3.8, 4) is 11.8 Å². The van der Waals surface area contributed by atoms with Crippen molar-refractivity contribution in [3.05, 3.63) is 42.0 Å². The second kappa shape index (κ2) is 10.5. The molecule has 36 heavy (non-hydrogen) atoms. The van der Waals surface area contributed by atoms with Gasteiger partial charge >= 0.3 is 157 Å². The third-order valence-electron chi connectivity index (χ3n) is 6.55. The summed E-state index contributed by atoms with van der Waals surface area (Å²) in [6.07, 6.45) is 7.17. The number of carbonyl (C=O) groups is 1. The molecule has 1 saturated heterocycles. The predicted octanol–water partition coefficient (Wildman–Crippen LogP) is 1.48. The average molecular weight is 566 g/mol. The summed E-state index contributed by atoms with van der Waals surface area (Å²) in [5.41, 5.74) is 6.69. The van der Waals surface area contributed by atoms with Crippen LogP contribution in [0.25, 0.3) is 5.52 Å². The van der Waals surface area contributed by atoms with Gasteiger partial charge in [0, 0.05) is 6.54 Å². The van der Waals surface area contributed by atoms with Crippen LogP contribution in [0.1, 0.15) is 29.3 Å². The maximum absolute atomic E-state index is 13.0. The van der Waals surface area contributed by atoms with Crippen molar-refractivity contribution in [3.63, 3.8) is 0 Å². The van der Waals surface area contributed by atoms with Gasteiger partial charge in [-0.15, -0.1) is 0 Å². The van der Waals surface area contributed by atoms with Crippen LogP contribution in [0, 0.1) is 29.6 Å². The van der Waals surface area contributed by atoms with Crippen LogP contribution in [0.2, 0.25) is 0 Å². The third kappa shape index (κ3) is 6.21. The minimum atomic E-state index is -4.34. The van der Waals surface area contributed by atoms with Gasteiger partial charge in [0.25, 0.3) is 0 Å². The number of halogens is 3. The van der Waals surface area contributed by atoms with Gasteiger partial charge in [-0.3, -0.25) is 0 Å². The molecule has 8 nitrogen and oxygen atoms in total. The molecule has 192 valence electrons. The zero-order valence-electron chi connectivity index (χ0n) is 20.2. The van der Waals surface area contributed by atoms with Crippen LogP contribution in [-0.2, 0) is 7.05 Å². The molecular weight excluding hydrogens is 538 g/mol. The van der Waals surface area contributed by atoms with E-state index in [4.69, 9.17) is 5.73 Å². The number of rotatable bonds is 3. The van der Waals surface area contributed by atoms with E-state index in [9.17, 15) is 18.0 Å². The molecule has 1 aliphatic heterocycles. The number of fused-ring (bicyclic) bond motifs is 2. The number of aryl methyl sites for hydroxylation is 1. The van der Waals surface area contributed by atoms with Crippen LogP contribution in [0.4, 0.5) is 19.0 Å². The Hall–Kier alpha value is -3.00. The van der Waals surface area contributed by atoms with Crippen LogP contribution in [-0.4, -0.2) is 76.7 Å². The summed E-state index contributed by atoms with van der Waals surface area (Å²) < 4.78 is 41.8. The number of hydrogen-bond donors (Lipinski definition) is 2. The van der Waals surface area contributed by atoms with Gasteiger partial charge in [0.15, 0.2) is 0 Å². The molecule has 3 aromatic rings. The Bertz CT molecular complexity index is 1310. The number of alkyl halides is 3. The van der Waals surface area contributed by atoms with E-state index in [0.717, 1.165) is 17.8 Å². The number of nitrogens with one attached hydrogen (secondary N) is 1. The number of nitrogen functional groups attached to an aromatic ring is 1. The van der Waals surface area contributed by atoms with E-state index < -0.39 is 20.0 Å². The van der Waals surface area contributed by atoms with E-state index >= 15 is 0 Å². The van der Waals surface area contributed by atoms with Crippen molar-refractivity contribution >= 4 is 36.8 Å². The van der Waals surface area contributed by atoms with Gasteiger partial charge in [-0.2, -0.15) is 0 Å². The molecule has 2 aliphatic rings. The SMILES string of the molecule is CC1C2CCN(C)CC12.Cn1cc(C(=O)NCC#Cc2cc3c(N)nccn3c2[Se]C(F)(F)F)cn1. The summed E-state index contributed by atoms with van der Waals surface area (Å²) in [6, 6.07) is 1.47. The van der Waals surface area contributed by atoms with Crippen molar-refractivity contribution in [2.45, 2.75) is 18.4 Å². The Balaban J connectivity index is 0.000000280. The molecule has 0 bridgehead atoms. The molecule has 3 atom stereocenters. The van der Waals surface area contributed by atoms with E-state index in [1.165, 1.54) is 53.2 Å². The van der Waals surface area contributed by atoms with Crippen LogP contribution in [0.15, 0.2) is 30.9 Å². The summed E-state index contributed by atoms with van der Waals surface area (Å²) in [5.74, 6) is 8.35. The van der Waals surface area contributed by atoms with Crippen molar-refractivity contribution in [2.75, 3.05) is 32.4 Å². The van der Waals surface area contributed by atoms with Crippen LogP contribution in [0.3, 0.4) is 0 Å². The number of amides is 1. The molecule has 0 radical (unpaired) electrons. The fourth-order valence-corrected chi connectivity index (χ4v) is 6.00. The van der Waals surface area contributed by atoms with Gasteiger partial charge in [0.2, 0.25) is 0 Å². The molecule has 5 rings (SSSR count). The Kier molecular flexibility index (Phi) is 7.64. The number of hydrogen-bond acceptors (Lipinski definition) is 5. The van der Waals surface area contributed by atoms with Crippen LogP contribution < -0.4 is 15.6 Å². The zero-order chi connectivity index (χ0) is 26.0. The Morgan fingerprint density at radius 1 is 1.33 bits per heavy atom. The molecule has 0 spiro atoms. The first-order valence-electron chi connectivity index (χ1n) is 11.5. The van der Waals surface area contributed by atoms with E-state index in [1.807, 2.05) is 0 Å². The van der Waals surface area contributed by atoms with Crippen molar-refractivity contribution in [1.29, 1.82) is 0 Å². The Morgan fingerprint density at radius 2 is 2.11 bits per heavy atom. The molecule has 1 saturated carbocycles. The fraction of sp³-hybridized carbons (Fsp3) is 0.458. The first-order valence-corrected chi connectivity index (χ1v) is 13.2. The minimum absolute atomic E-state index is 0.0217. The number of carbonyl (C=O) groups excluding carboxylic acids is 1. The topological polar surface area (TPSA) is 93.5 Å². The Morgan fingerprint density at radius 3 is 2.75 bits per heavy atom. The van der Waals surface area contributed by atoms with Gasteiger partial charge in [-0.05, 0) is 37.8 Å².